The van der Waals surface area contributed by atoms with Gasteiger partial charge in [0.1, 0.15) is 0 Å². The first-order valence-electron chi connectivity index (χ1n) is 7.44. The number of carbonyl (C=O) groups is 1. The van der Waals surface area contributed by atoms with Gasteiger partial charge in [-0.05, 0) is 49.0 Å². The van der Waals surface area contributed by atoms with E-state index in [-0.39, 0.29) is 5.91 Å². The second-order valence-corrected chi connectivity index (χ2v) is 6.77. The second-order valence-electron chi connectivity index (χ2n) is 5.83. The van der Waals surface area contributed by atoms with E-state index >= 15 is 0 Å². The summed E-state index contributed by atoms with van der Waals surface area (Å²) in [6.07, 6.45) is 7.26. The number of tetrazole rings is 1. The predicted molar refractivity (Wildman–Crippen MR) is 76.4 cm³/mol. The highest BCUT2D eigenvalue weighted by Gasteiger charge is 2.29. The van der Waals surface area contributed by atoms with Crippen LogP contribution in [0.3, 0.4) is 0 Å². The van der Waals surface area contributed by atoms with Crippen LogP contribution in [0.25, 0.3) is 0 Å². The number of thioether (sulfide) groups is 1. The predicted octanol–water partition coefficient (Wildman–Crippen LogP) is 1.79. The van der Waals surface area contributed by atoms with Gasteiger partial charge in [0.15, 0.2) is 0 Å². The highest BCUT2D eigenvalue weighted by atomic mass is 32.2. The summed E-state index contributed by atoms with van der Waals surface area (Å²) in [5.74, 6) is 1.16. The van der Waals surface area contributed by atoms with Gasteiger partial charge in [0, 0.05) is 6.04 Å². The van der Waals surface area contributed by atoms with E-state index in [1.807, 2.05) is 4.68 Å². The Kier molecular flexibility index (Phi) is 4.24. The van der Waals surface area contributed by atoms with Crippen molar-refractivity contribution in [2.24, 2.45) is 5.92 Å². The first-order chi connectivity index (χ1) is 9.74. The van der Waals surface area contributed by atoms with Crippen molar-refractivity contribution in [1.29, 1.82) is 0 Å². The van der Waals surface area contributed by atoms with Crippen molar-refractivity contribution in [3.8, 4) is 0 Å². The van der Waals surface area contributed by atoms with Gasteiger partial charge in [0.25, 0.3) is 0 Å². The van der Waals surface area contributed by atoms with Crippen molar-refractivity contribution in [2.75, 3.05) is 5.75 Å². The molecule has 2 fully saturated rings. The lowest BCUT2D eigenvalue weighted by atomic mass is 10.2. The van der Waals surface area contributed by atoms with E-state index in [0.717, 1.165) is 18.0 Å². The molecule has 1 heterocycles. The molecule has 1 aromatic rings. The van der Waals surface area contributed by atoms with E-state index < -0.39 is 0 Å². The van der Waals surface area contributed by atoms with Gasteiger partial charge in [-0.15, -0.1) is 5.10 Å². The lowest BCUT2D eigenvalue weighted by Crippen LogP contribution is -2.35. The first kappa shape index (κ1) is 13.9. The monoisotopic (exact) mass is 295 g/mol. The molecule has 20 heavy (non-hydrogen) atoms. The summed E-state index contributed by atoms with van der Waals surface area (Å²) >= 11 is 1.44. The average Bonchev–Trinajstić information content (AvgIpc) is 2.97. The van der Waals surface area contributed by atoms with Crippen LogP contribution in [0.5, 0.6) is 0 Å². The quantitative estimate of drug-likeness (QED) is 0.810. The van der Waals surface area contributed by atoms with Crippen LogP contribution in [0.4, 0.5) is 0 Å². The van der Waals surface area contributed by atoms with Crippen LogP contribution < -0.4 is 5.32 Å². The van der Waals surface area contributed by atoms with Gasteiger partial charge >= 0.3 is 0 Å². The minimum atomic E-state index is 0.0790. The van der Waals surface area contributed by atoms with Gasteiger partial charge in [-0.25, -0.2) is 4.68 Å². The van der Waals surface area contributed by atoms with E-state index in [1.165, 1.54) is 37.4 Å². The number of rotatable bonds is 6. The van der Waals surface area contributed by atoms with Crippen LogP contribution in [0, 0.1) is 5.92 Å². The van der Waals surface area contributed by atoms with Gasteiger partial charge in [-0.1, -0.05) is 24.6 Å². The fourth-order valence-corrected chi connectivity index (χ4v) is 3.55. The van der Waals surface area contributed by atoms with Crippen molar-refractivity contribution in [2.45, 2.75) is 62.7 Å². The standard InChI is InChI=1S/C13H21N5OS/c1-9(10-6-7-10)14-12(19)8-20-13-15-16-17-18(13)11-4-2-3-5-11/h9-11H,2-8H2,1H3,(H,14,19). The minimum absolute atomic E-state index is 0.0790. The summed E-state index contributed by atoms with van der Waals surface area (Å²) in [7, 11) is 0. The maximum atomic E-state index is 11.9. The highest BCUT2D eigenvalue weighted by molar-refractivity contribution is 7.99. The number of carbonyl (C=O) groups excluding carboxylic acids is 1. The first-order valence-corrected chi connectivity index (χ1v) is 8.42. The number of nitrogens with zero attached hydrogens (tertiary/aromatic N) is 4. The molecule has 6 nitrogen and oxygen atoms in total. The third-order valence-corrected chi connectivity index (χ3v) is 5.12. The Labute approximate surface area is 123 Å². The molecule has 1 amide bonds. The largest absolute Gasteiger partial charge is 0.353 e. The molecule has 1 aromatic heterocycles. The van der Waals surface area contributed by atoms with E-state index in [4.69, 9.17) is 0 Å². The molecule has 2 aliphatic rings. The van der Waals surface area contributed by atoms with Crippen LogP contribution in [-0.4, -0.2) is 37.9 Å². The lowest BCUT2D eigenvalue weighted by Gasteiger charge is -2.13. The third-order valence-electron chi connectivity index (χ3n) is 4.18. The normalized spacial score (nSPS) is 21.1. The minimum Gasteiger partial charge on any atom is -0.353 e. The number of aromatic nitrogens is 4. The Morgan fingerprint density at radius 1 is 1.40 bits per heavy atom. The number of hydrogen-bond donors (Lipinski definition) is 1. The van der Waals surface area contributed by atoms with E-state index in [2.05, 4.69) is 27.8 Å². The SMILES string of the molecule is CC(NC(=O)CSc1nnnn1C1CCCC1)C1CC1. The summed E-state index contributed by atoms with van der Waals surface area (Å²) in [6.45, 7) is 2.09. The van der Waals surface area contributed by atoms with Crippen molar-refractivity contribution in [3.05, 3.63) is 0 Å². The van der Waals surface area contributed by atoms with Crippen LogP contribution in [0.2, 0.25) is 0 Å². The molecule has 0 spiro atoms. The van der Waals surface area contributed by atoms with Crippen molar-refractivity contribution >= 4 is 17.7 Å². The van der Waals surface area contributed by atoms with Crippen molar-refractivity contribution in [3.63, 3.8) is 0 Å². The number of amides is 1. The zero-order valence-corrected chi connectivity index (χ0v) is 12.6. The van der Waals surface area contributed by atoms with Crippen LogP contribution in [0.15, 0.2) is 5.16 Å². The average molecular weight is 295 g/mol. The molecule has 0 saturated heterocycles. The molecular weight excluding hydrogens is 274 g/mol. The molecule has 1 unspecified atom stereocenters. The Hall–Kier alpha value is -1.11. The van der Waals surface area contributed by atoms with Crippen molar-refractivity contribution < 1.29 is 4.79 Å². The summed E-state index contributed by atoms with van der Waals surface area (Å²) < 4.78 is 1.90. The smallest absolute Gasteiger partial charge is 0.230 e. The number of nitrogens with one attached hydrogen (secondary N) is 1. The number of hydrogen-bond acceptors (Lipinski definition) is 5. The summed E-state index contributed by atoms with van der Waals surface area (Å²) in [5, 5.41) is 15.7. The maximum absolute atomic E-state index is 11.9. The maximum Gasteiger partial charge on any atom is 0.230 e. The molecule has 3 rings (SSSR count). The molecular formula is C13H21N5OS. The molecule has 2 aliphatic carbocycles. The molecule has 0 aromatic carbocycles. The Bertz CT molecular complexity index is 467. The topological polar surface area (TPSA) is 72.7 Å². The van der Waals surface area contributed by atoms with Gasteiger partial charge in [-0.2, -0.15) is 0 Å². The zero-order chi connectivity index (χ0) is 13.9. The molecule has 0 aliphatic heterocycles. The summed E-state index contributed by atoms with van der Waals surface area (Å²) in [4.78, 5) is 11.9. The van der Waals surface area contributed by atoms with Crippen molar-refractivity contribution in [1.82, 2.24) is 25.5 Å². The summed E-state index contributed by atoms with van der Waals surface area (Å²) in [6, 6.07) is 0.717. The molecule has 2 saturated carbocycles. The Balaban J connectivity index is 1.50. The molecule has 1 atom stereocenters. The molecule has 0 bridgehead atoms. The Morgan fingerprint density at radius 3 is 2.85 bits per heavy atom. The Morgan fingerprint density at radius 2 is 2.15 bits per heavy atom. The fourth-order valence-electron chi connectivity index (χ4n) is 2.80. The van der Waals surface area contributed by atoms with E-state index in [0.29, 0.717) is 23.8 Å². The molecule has 0 radical (unpaired) electrons. The summed E-state index contributed by atoms with van der Waals surface area (Å²) in [5.41, 5.74) is 0. The lowest BCUT2D eigenvalue weighted by molar-refractivity contribution is -0.119. The molecule has 1 N–H and O–H groups in total. The van der Waals surface area contributed by atoms with Gasteiger partial charge in [-0.3, -0.25) is 4.79 Å². The van der Waals surface area contributed by atoms with Crippen LogP contribution in [0.1, 0.15) is 51.5 Å². The van der Waals surface area contributed by atoms with Gasteiger partial charge in [0.2, 0.25) is 11.1 Å². The van der Waals surface area contributed by atoms with Crippen LogP contribution >= 0.6 is 11.8 Å². The van der Waals surface area contributed by atoms with Crippen LogP contribution in [-0.2, 0) is 4.79 Å². The molecule has 7 heteroatoms. The molecule has 110 valence electrons. The third kappa shape index (κ3) is 3.31. The van der Waals surface area contributed by atoms with E-state index in [9.17, 15) is 4.79 Å². The van der Waals surface area contributed by atoms with Gasteiger partial charge in [0.05, 0.1) is 11.8 Å². The van der Waals surface area contributed by atoms with Gasteiger partial charge < -0.3 is 5.32 Å². The highest BCUT2D eigenvalue weighted by Crippen LogP contribution is 2.33. The van der Waals surface area contributed by atoms with E-state index in [1.54, 1.807) is 0 Å². The second kappa shape index (κ2) is 6.11. The zero-order valence-electron chi connectivity index (χ0n) is 11.8. The fraction of sp³-hybridized carbons (Fsp3) is 0.846.